The second kappa shape index (κ2) is 4.82. The van der Waals surface area contributed by atoms with E-state index in [1.807, 2.05) is 6.33 Å². The number of aliphatic hydroxyl groups is 1. The van der Waals surface area contributed by atoms with Crippen LogP contribution in [0.25, 0.3) is 0 Å². The van der Waals surface area contributed by atoms with E-state index in [1.54, 1.807) is 6.20 Å². The third-order valence-electron chi connectivity index (χ3n) is 3.98. The maximum absolute atomic E-state index is 10.4. The zero-order valence-electron chi connectivity index (χ0n) is 11.5. The van der Waals surface area contributed by atoms with Crippen LogP contribution in [0.3, 0.4) is 0 Å². The highest BCUT2D eigenvalue weighted by atomic mass is 16.3. The van der Waals surface area contributed by atoms with Crippen molar-refractivity contribution in [2.45, 2.75) is 45.3 Å². The summed E-state index contributed by atoms with van der Waals surface area (Å²) in [6.07, 6.45) is 6.24. The maximum Gasteiger partial charge on any atom is 0.0996 e. The first-order valence-corrected chi connectivity index (χ1v) is 6.91. The average molecular weight is 256 g/mol. The van der Waals surface area contributed by atoms with Crippen molar-refractivity contribution in [3.63, 3.8) is 0 Å². The monoisotopic (exact) mass is 256 g/mol. The molecule has 0 spiro atoms. The van der Waals surface area contributed by atoms with Crippen molar-refractivity contribution >= 4 is 0 Å². The van der Waals surface area contributed by atoms with E-state index in [4.69, 9.17) is 0 Å². The van der Waals surface area contributed by atoms with E-state index in [9.17, 15) is 5.11 Å². The third-order valence-corrected chi connectivity index (χ3v) is 3.98. The Morgan fingerprint density at radius 1 is 1.32 bits per heavy atom. The maximum atomic E-state index is 10.4. The molecule has 1 atom stereocenters. The fraction of sp³-hybridized carbons (Fsp3) is 0.438. The largest absolute Gasteiger partial charge is 0.386 e. The standard InChI is InChI=1S/C16H20N2O/c1-11-3-4-13(7-12(11)2)8-16(19)15-9-17-10-18(15)14-5-6-14/h3-4,7,9-10,14,16,19H,5-6,8H2,1-2H3. The fourth-order valence-electron chi connectivity index (χ4n) is 2.49. The highest BCUT2D eigenvalue weighted by molar-refractivity contribution is 5.30. The van der Waals surface area contributed by atoms with Crippen LogP contribution in [0.15, 0.2) is 30.7 Å². The number of aryl methyl sites for hydroxylation is 2. The van der Waals surface area contributed by atoms with E-state index >= 15 is 0 Å². The summed E-state index contributed by atoms with van der Waals surface area (Å²) in [6, 6.07) is 6.95. The van der Waals surface area contributed by atoms with Crippen molar-refractivity contribution in [1.29, 1.82) is 0 Å². The molecule has 1 fully saturated rings. The number of rotatable bonds is 4. The van der Waals surface area contributed by atoms with E-state index in [2.05, 4.69) is 41.6 Å². The van der Waals surface area contributed by atoms with Crippen LogP contribution >= 0.6 is 0 Å². The van der Waals surface area contributed by atoms with Gasteiger partial charge in [0.05, 0.1) is 24.3 Å². The normalized spacial score (nSPS) is 16.6. The smallest absolute Gasteiger partial charge is 0.0996 e. The van der Waals surface area contributed by atoms with Gasteiger partial charge >= 0.3 is 0 Å². The molecule has 0 bridgehead atoms. The first-order valence-electron chi connectivity index (χ1n) is 6.91. The van der Waals surface area contributed by atoms with Crippen LogP contribution in [-0.4, -0.2) is 14.7 Å². The molecule has 1 unspecified atom stereocenters. The Morgan fingerprint density at radius 2 is 2.11 bits per heavy atom. The van der Waals surface area contributed by atoms with Gasteiger partial charge in [0.2, 0.25) is 0 Å². The Morgan fingerprint density at radius 3 is 2.79 bits per heavy atom. The number of hydrogen-bond acceptors (Lipinski definition) is 2. The van der Waals surface area contributed by atoms with Gasteiger partial charge in [-0.15, -0.1) is 0 Å². The van der Waals surface area contributed by atoms with Gasteiger partial charge in [-0.3, -0.25) is 0 Å². The van der Waals surface area contributed by atoms with Gasteiger partial charge in [0.15, 0.2) is 0 Å². The molecule has 0 aliphatic heterocycles. The van der Waals surface area contributed by atoms with Crippen molar-refractivity contribution in [2.24, 2.45) is 0 Å². The second-order valence-corrected chi connectivity index (χ2v) is 5.60. The lowest BCUT2D eigenvalue weighted by atomic mass is 10.0. The Kier molecular flexibility index (Phi) is 3.15. The lowest BCUT2D eigenvalue weighted by molar-refractivity contribution is 0.168. The predicted octanol–water partition coefficient (Wildman–Crippen LogP) is 3.11. The minimum absolute atomic E-state index is 0.467. The van der Waals surface area contributed by atoms with Crippen LogP contribution in [-0.2, 0) is 6.42 Å². The highest BCUT2D eigenvalue weighted by Crippen LogP contribution is 2.37. The molecule has 19 heavy (non-hydrogen) atoms. The molecule has 100 valence electrons. The number of nitrogens with zero attached hydrogens (tertiary/aromatic N) is 2. The minimum atomic E-state index is -0.467. The van der Waals surface area contributed by atoms with Gasteiger partial charge in [-0.2, -0.15) is 0 Å². The molecule has 0 radical (unpaired) electrons. The molecule has 3 rings (SSSR count). The summed E-state index contributed by atoms with van der Waals surface area (Å²) in [6.45, 7) is 4.22. The summed E-state index contributed by atoms with van der Waals surface area (Å²) in [4.78, 5) is 4.18. The van der Waals surface area contributed by atoms with Gasteiger partial charge in [-0.1, -0.05) is 18.2 Å². The molecule has 3 heteroatoms. The summed E-state index contributed by atoms with van der Waals surface area (Å²) < 4.78 is 2.13. The lowest BCUT2D eigenvalue weighted by Crippen LogP contribution is -2.08. The van der Waals surface area contributed by atoms with Crippen LogP contribution < -0.4 is 0 Å². The molecule has 1 saturated carbocycles. The zero-order valence-corrected chi connectivity index (χ0v) is 11.5. The fourth-order valence-corrected chi connectivity index (χ4v) is 2.49. The molecule has 1 aromatic heterocycles. The average Bonchev–Trinajstić information content (AvgIpc) is 3.11. The van der Waals surface area contributed by atoms with Gasteiger partial charge in [0, 0.05) is 12.5 Å². The summed E-state index contributed by atoms with van der Waals surface area (Å²) in [5.41, 5.74) is 4.70. The third kappa shape index (κ3) is 2.56. The summed E-state index contributed by atoms with van der Waals surface area (Å²) >= 11 is 0. The molecule has 1 N–H and O–H groups in total. The zero-order chi connectivity index (χ0) is 13.4. The molecule has 0 amide bonds. The molecule has 3 nitrogen and oxygen atoms in total. The van der Waals surface area contributed by atoms with E-state index in [0.717, 1.165) is 5.69 Å². The van der Waals surface area contributed by atoms with Gasteiger partial charge in [-0.05, 0) is 43.4 Å². The SMILES string of the molecule is Cc1ccc(CC(O)c2cncn2C2CC2)cc1C. The minimum Gasteiger partial charge on any atom is -0.386 e. The number of hydrogen-bond donors (Lipinski definition) is 1. The molecular formula is C16H20N2O. The van der Waals surface area contributed by atoms with E-state index < -0.39 is 6.10 Å². The number of aromatic nitrogens is 2. The topological polar surface area (TPSA) is 38.1 Å². The van der Waals surface area contributed by atoms with Crippen LogP contribution in [0.4, 0.5) is 0 Å². The van der Waals surface area contributed by atoms with Crippen molar-refractivity contribution in [2.75, 3.05) is 0 Å². The quantitative estimate of drug-likeness (QED) is 0.912. The Labute approximate surface area is 113 Å². The summed E-state index contributed by atoms with van der Waals surface area (Å²) in [5, 5.41) is 10.4. The highest BCUT2D eigenvalue weighted by Gasteiger charge is 2.27. The van der Waals surface area contributed by atoms with Crippen LogP contribution in [0.1, 0.15) is 47.4 Å². The molecule has 2 aromatic rings. The lowest BCUT2D eigenvalue weighted by Gasteiger charge is -2.14. The Balaban J connectivity index is 1.78. The summed E-state index contributed by atoms with van der Waals surface area (Å²) in [7, 11) is 0. The molecule has 1 aliphatic rings. The Bertz CT molecular complexity index is 584. The van der Waals surface area contributed by atoms with Gasteiger partial charge in [0.25, 0.3) is 0 Å². The van der Waals surface area contributed by atoms with Gasteiger partial charge in [-0.25, -0.2) is 4.98 Å². The van der Waals surface area contributed by atoms with Crippen molar-refractivity contribution in [1.82, 2.24) is 9.55 Å². The molecule has 1 heterocycles. The second-order valence-electron chi connectivity index (χ2n) is 5.60. The predicted molar refractivity (Wildman–Crippen MR) is 75.1 cm³/mol. The first kappa shape index (κ1) is 12.4. The summed E-state index contributed by atoms with van der Waals surface area (Å²) in [5.74, 6) is 0. The molecule has 1 aromatic carbocycles. The van der Waals surface area contributed by atoms with Crippen molar-refractivity contribution in [3.8, 4) is 0 Å². The number of benzene rings is 1. The van der Waals surface area contributed by atoms with E-state index in [0.29, 0.717) is 12.5 Å². The Hall–Kier alpha value is -1.61. The molecule has 1 aliphatic carbocycles. The van der Waals surface area contributed by atoms with Gasteiger partial charge < -0.3 is 9.67 Å². The van der Waals surface area contributed by atoms with E-state index in [1.165, 1.54) is 29.5 Å². The van der Waals surface area contributed by atoms with Crippen LogP contribution in [0, 0.1) is 13.8 Å². The van der Waals surface area contributed by atoms with Crippen molar-refractivity contribution in [3.05, 3.63) is 53.1 Å². The molecular weight excluding hydrogens is 236 g/mol. The first-order chi connectivity index (χ1) is 9.15. The number of aliphatic hydroxyl groups excluding tert-OH is 1. The van der Waals surface area contributed by atoms with E-state index in [-0.39, 0.29) is 0 Å². The molecule has 0 saturated heterocycles. The number of imidazole rings is 1. The van der Waals surface area contributed by atoms with Gasteiger partial charge in [0.1, 0.15) is 0 Å². The van der Waals surface area contributed by atoms with Crippen LogP contribution in [0.2, 0.25) is 0 Å². The van der Waals surface area contributed by atoms with Crippen LogP contribution in [0.5, 0.6) is 0 Å². The van der Waals surface area contributed by atoms with Crippen molar-refractivity contribution < 1.29 is 5.11 Å².